The van der Waals surface area contributed by atoms with Gasteiger partial charge in [0.1, 0.15) is 5.82 Å². The van der Waals surface area contributed by atoms with E-state index in [4.69, 9.17) is 0 Å². The summed E-state index contributed by atoms with van der Waals surface area (Å²) in [7, 11) is 0. The number of hydrogen-bond acceptors (Lipinski definition) is 2. The minimum Gasteiger partial charge on any atom is -0.388 e. The van der Waals surface area contributed by atoms with E-state index in [1.165, 1.54) is 31.4 Å². The molecule has 0 spiro atoms. The third kappa shape index (κ3) is 5.12. The van der Waals surface area contributed by atoms with Gasteiger partial charge in [0.05, 0.1) is 6.10 Å². The Hall–Kier alpha value is -1.42. The first kappa shape index (κ1) is 16.0. The van der Waals surface area contributed by atoms with Crippen LogP contribution in [0, 0.1) is 11.7 Å². The Balaban J connectivity index is 1.71. The molecule has 0 aromatic heterocycles. The minimum absolute atomic E-state index is 0.0562. The first-order valence-corrected chi connectivity index (χ1v) is 7.77. The van der Waals surface area contributed by atoms with Crippen molar-refractivity contribution in [2.45, 2.75) is 57.6 Å². The van der Waals surface area contributed by atoms with Crippen molar-refractivity contribution in [2.24, 2.45) is 5.92 Å². The number of rotatable bonds is 7. The van der Waals surface area contributed by atoms with Gasteiger partial charge in [-0.15, -0.1) is 0 Å². The van der Waals surface area contributed by atoms with E-state index >= 15 is 0 Å². The monoisotopic (exact) mass is 293 g/mol. The van der Waals surface area contributed by atoms with Gasteiger partial charge >= 0.3 is 0 Å². The van der Waals surface area contributed by atoms with Gasteiger partial charge in [0.2, 0.25) is 5.91 Å². The summed E-state index contributed by atoms with van der Waals surface area (Å²) in [6.07, 6.45) is 5.10. The summed E-state index contributed by atoms with van der Waals surface area (Å²) in [6.45, 7) is 1.88. The number of aliphatic hydroxyl groups excluding tert-OH is 1. The second kappa shape index (κ2) is 7.55. The summed E-state index contributed by atoms with van der Waals surface area (Å²) in [5, 5.41) is 13.0. The number of hydrogen-bond donors (Lipinski definition) is 2. The van der Waals surface area contributed by atoms with Crippen LogP contribution >= 0.6 is 0 Å². The molecule has 1 aromatic carbocycles. The maximum atomic E-state index is 12.8. The Labute approximate surface area is 125 Å². The molecule has 1 aliphatic rings. The molecule has 0 radical (unpaired) electrons. The first-order valence-electron chi connectivity index (χ1n) is 7.77. The maximum absolute atomic E-state index is 12.8. The molecular weight excluding hydrogens is 269 g/mol. The molecule has 0 heterocycles. The fourth-order valence-electron chi connectivity index (χ4n) is 2.68. The molecule has 0 saturated heterocycles. The number of aliphatic hydroxyl groups is 1. The molecule has 2 atom stereocenters. The summed E-state index contributed by atoms with van der Waals surface area (Å²) >= 11 is 0. The summed E-state index contributed by atoms with van der Waals surface area (Å²) in [5.41, 5.74) is 0.673. The highest BCUT2D eigenvalue weighted by molar-refractivity contribution is 5.76. The molecular formula is C17H24FNO2. The van der Waals surface area contributed by atoms with Crippen molar-refractivity contribution < 1.29 is 14.3 Å². The SMILES string of the molecule is CC(CC(O)c1ccc(F)cc1)NC(=O)CCC1CCC1. The molecule has 1 aliphatic carbocycles. The molecule has 116 valence electrons. The first-order chi connectivity index (χ1) is 10.0. The molecule has 4 heteroatoms. The van der Waals surface area contributed by atoms with Gasteiger partial charge in [0.15, 0.2) is 0 Å². The number of halogens is 1. The predicted octanol–water partition coefficient (Wildman–Crippen LogP) is 3.33. The van der Waals surface area contributed by atoms with E-state index < -0.39 is 6.10 Å². The van der Waals surface area contributed by atoms with Gasteiger partial charge in [-0.05, 0) is 43.4 Å². The number of benzene rings is 1. The van der Waals surface area contributed by atoms with Gasteiger partial charge in [-0.25, -0.2) is 4.39 Å². The molecule has 1 aromatic rings. The highest BCUT2D eigenvalue weighted by atomic mass is 19.1. The minimum atomic E-state index is -0.687. The van der Waals surface area contributed by atoms with E-state index in [0.717, 1.165) is 12.3 Å². The second-order valence-electron chi connectivity index (χ2n) is 6.11. The van der Waals surface area contributed by atoms with Gasteiger partial charge in [0, 0.05) is 12.5 Å². The van der Waals surface area contributed by atoms with E-state index in [-0.39, 0.29) is 17.8 Å². The van der Waals surface area contributed by atoms with Crippen LogP contribution in [0.1, 0.15) is 57.1 Å². The molecule has 1 fully saturated rings. The largest absolute Gasteiger partial charge is 0.388 e. The fraction of sp³-hybridized carbons (Fsp3) is 0.588. The third-order valence-electron chi connectivity index (χ3n) is 4.24. The van der Waals surface area contributed by atoms with Crippen molar-refractivity contribution in [3.8, 4) is 0 Å². The number of amides is 1. The molecule has 2 N–H and O–H groups in total. The zero-order chi connectivity index (χ0) is 15.2. The van der Waals surface area contributed by atoms with Crippen LogP contribution in [0.4, 0.5) is 4.39 Å². The van der Waals surface area contributed by atoms with Crippen LogP contribution in [0.3, 0.4) is 0 Å². The normalized spacial score (nSPS) is 17.9. The topological polar surface area (TPSA) is 49.3 Å². The van der Waals surface area contributed by atoms with Crippen molar-refractivity contribution in [3.63, 3.8) is 0 Å². The number of nitrogens with one attached hydrogen (secondary N) is 1. The third-order valence-corrected chi connectivity index (χ3v) is 4.24. The van der Waals surface area contributed by atoms with Crippen LogP contribution in [0.15, 0.2) is 24.3 Å². The van der Waals surface area contributed by atoms with Crippen LogP contribution in [-0.2, 0) is 4.79 Å². The maximum Gasteiger partial charge on any atom is 0.220 e. The molecule has 0 aliphatic heterocycles. The van der Waals surface area contributed by atoms with E-state index in [2.05, 4.69) is 5.32 Å². The number of carbonyl (C=O) groups is 1. The van der Waals surface area contributed by atoms with Crippen LogP contribution in [0.2, 0.25) is 0 Å². The fourth-order valence-corrected chi connectivity index (χ4v) is 2.68. The van der Waals surface area contributed by atoms with Crippen molar-refractivity contribution >= 4 is 5.91 Å². The second-order valence-corrected chi connectivity index (χ2v) is 6.11. The Kier molecular flexibility index (Phi) is 5.74. The van der Waals surface area contributed by atoms with Crippen molar-refractivity contribution in [3.05, 3.63) is 35.6 Å². The Bertz CT molecular complexity index is 456. The molecule has 0 bridgehead atoms. The van der Waals surface area contributed by atoms with Crippen LogP contribution < -0.4 is 5.32 Å². The van der Waals surface area contributed by atoms with E-state index in [9.17, 15) is 14.3 Å². The summed E-state index contributed by atoms with van der Waals surface area (Å²) in [6, 6.07) is 5.72. The molecule has 3 nitrogen and oxygen atoms in total. The van der Waals surface area contributed by atoms with Gasteiger partial charge in [0.25, 0.3) is 0 Å². The average molecular weight is 293 g/mol. The lowest BCUT2D eigenvalue weighted by molar-refractivity contribution is -0.122. The Morgan fingerprint density at radius 3 is 2.62 bits per heavy atom. The van der Waals surface area contributed by atoms with E-state index in [0.29, 0.717) is 18.4 Å². The van der Waals surface area contributed by atoms with Gasteiger partial charge in [-0.1, -0.05) is 31.4 Å². The predicted molar refractivity (Wildman–Crippen MR) is 80.2 cm³/mol. The lowest BCUT2D eigenvalue weighted by atomic mass is 9.82. The zero-order valence-corrected chi connectivity index (χ0v) is 12.5. The van der Waals surface area contributed by atoms with Gasteiger partial charge in [-0.2, -0.15) is 0 Å². The molecule has 21 heavy (non-hydrogen) atoms. The van der Waals surface area contributed by atoms with Gasteiger partial charge in [-0.3, -0.25) is 4.79 Å². The van der Waals surface area contributed by atoms with Crippen molar-refractivity contribution in [2.75, 3.05) is 0 Å². The van der Waals surface area contributed by atoms with Crippen LogP contribution in [0.25, 0.3) is 0 Å². The lowest BCUT2D eigenvalue weighted by Crippen LogP contribution is -2.34. The van der Waals surface area contributed by atoms with Crippen LogP contribution in [0.5, 0.6) is 0 Å². The highest BCUT2D eigenvalue weighted by Gasteiger charge is 2.19. The average Bonchev–Trinajstić information content (AvgIpc) is 2.37. The zero-order valence-electron chi connectivity index (χ0n) is 12.5. The van der Waals surface area contributed by atoms with E-state index in [1.807, 2.05) is 6.92 Å². The van der Waals surface area contributed by atoms with Crippen LogP contribution in [-0.4, -0.2) is 17.1 Å². The summed E-state index contributed by atoms with van der Waals surface area (Å²) in [4.78, 5) is 11.8. The molecule has 2 rings (SSSR count). The number of carbonyl (C=O) groups excluding carboxylic acids is 1. The standard InChI is InChI=1S/C17H24FNO2/c1-12(19-17(21)10-5-13-3-2-4-13)11-16(20)14-6-8-15(18)9-7-14/h6-9,12-13,16,20H,2-5,10-11H2,1H3,(H,19,21). The quantitative estimate of drug-likeness (QED) is 0.810. The van der Waals surface area contributed by atoms with Crippen molar-refractivity contribution in [1.82, 2.24) is 5.32 Å². The molecule has 1 amide bonds. The molecule has 1 saturated carbocycles. The Morgan fingerprint density at radius 1 is 1.38 bits per heavy atom. The smallest absolute Gasteiger partial charge is 0.220 e. The highest BCUT2D eigenvalue weighted by Crippen LogP contribution is 2.30. The lowest BCUT2D eigenvalue weighted by Gasteiger charge is -2.25. The van der Waals surface area contributed by atoms with Gasteiger partial charge < -0.3 is 10.4 Å². The Morgan fingerprint density at radius 2 is 2.05 bits per heavy atom. The van der Waals surface area contributed by atoms with Crippen molar-refractivity contribution in [1.29, 1.82) is 0 Å². The summed E-state index contributed by atoms with van der Waals surface area (Å²) < 4.78 is 12.8. The summed E-state index contributed by atoms with van der Waals surface area (Å²) in [5.74, 6) is 0.472. The van der Waals surface area contributed by atoms with E-state index in [1.54, 1.807) is 12.1 Å². The molecule has 2 unspecified atom stereocenters.